The van der Waals surface area contributed by atoms with Crippen LogP contribution in [0.2, 0.25) is 0 Å². The summed E-state index contributed by atoms with van der Waals surface area (Å²) in [5, 5.41) is 10.7. The van der Waals surface area contributed by atoms with Crippen LogP contribution in [0.25, 0.3) is 0 Å². The summed E-state index contributed by atoms with van der Waals surface area (Å²) in [7, 11) is 1.85. The summed E-state index contributed by atoms with van der Waals surface area (Å²) in [6, 6.07) is 9.76. The van der Waals surface area contributed by atoms with E-state index in [9.17, 15) is 9.59 Å². The predicted octanol–water partition coefficient (Wildman–Crippen LogP) is 0.665. The van der Waals surface area contributed by atoms with Gasteiger partial charge in [0.15, 0.2) is 0 Å². The van der Waals surface area contributed by atoms with Gasteiger partial charge in [0.1, 0.15) is 12.2 Å². The van der Waals surface area contributed by atoms with E-state index in [1.807, 2.05) is 37.4 Å². The maximum atomic E-state index is 12.1. The summed E-state index contributed by atoms with van der Waals surface area (Å²) in [5.41, 5.74) is 1.10. The summed E-state index contributed by atoms with van der Waals surface area (Å²) >= 11 is 0. The zero-order valence-electron chi connectivity index (χ0n) is 13.7. The molecule has 126 valence electrons. The van der Waals surface area contributed by atoms with Gasteiger partial charge < -0.3 is 14.8 Å². The number of rotatable bonds is 6. The highest BCUT2D eigenvalue weighted by Gasteiger charge is 2.30. The topological polar surface area (TPSA) is 80.1 Å². The van der Waals surface area contributed by atoms with Gasteiger partial charge in [-0.2, -0.15) is 0 Å². The first-order valence-electron chi connectivity index (χ1n) is 8.06. The first-order chi connectivity index (χ1) is 11.6. The van der Waals surface area contributed by atoms with E-state index in [4.69, 9.17) is 0 Å². The van der Waals surface area contributed by atoms with Crippen LogP contribution in [0.3, 0.4) is 0 Å². The quantitative estimate of drug-likeness (QED) is 0.845. The Bertz CT molecular complexity index is 713. The Hall–Kier alpha value is -2.70. The van der Waals surface area contributed by atoms with E-state index in [-0.39, 0.29) is 17.9 Å². The first kappa shape index (κ1) is 16.2. The van der Waals surface area contributed by atoms with Crippen LogP contribution in [0, 0.1) is 0 Å². The Morgan fingerprint density at radius 2 is 2.12 bits per heavy atom. The molecule has 1 fully saturated rings. The van der Waals surface area contributed by atoms with E-state index in [1.54, 1.807) is 15.8 Å². The number of aryl methyl sites for hydroxylation is 2. The van der Waals surface area contributed by atoms with Crippen molar-refractivity contribution < 1.29 is 9.59 Å². The lowest BCUT2D eigenvalue weighted by Crippen LogP contribution is -2.37. The highest BCUT2D eigenvalue weighted by Crippen LogP contribution is 2.15. The molecule has 0 bridgehead atoms. The number of nitrogens with zero attached hydrogens (tertiary/aromatic N) is 4. The normalized spacial score (nSPS) is 17.3. The number of hydrogen-bond donors (Lipinski definition) is 1. The Balaban J connectivity index is 1.47. The Morgan fingerprint density at radius 3 is 2.83 bits per heavy atom. The molecule has 7 heteroatoms. The molecule has 7 nitrogen and oxygen atoms in total. The van der Waals surface area contributed by atoms with Crippen LogP contribution in [-0.4, -0.2) is 44.1 Å². The third-order valence-corrected chi connectivity index (χ3v) is 4.18. The first-order valence-corrected chi connectivity index (χ1v) is 8.06. The zero-order valence-corrected chi connectivity index (χ0v) is 13.7. The van der Waals surface area contributed by atoms with Gasteiger partial charge in [-0.25, -0.2) is 0 Å². The van der Waals surface area contributed by atoms with Crippen molar-refractivity contribution >= 4 is 11.8 Å². The van der Waals surface area contributed by atoms with Crippen molar-refractivity contribution in [2.75, 3.05) is 6.54 Å². The van der Waals surface area contributed by atoms with Crippen LogP contribution in [0.4, 0.5) is 0 Å². The lowest BCUT2D eigenvalue weighted by molar-refractivity contribution is -0.128. The van der Waals surface area contributed by atoms with Crippen molar-refractivity contribution in [2.45, 2.75) is 31.8 Å². The van der Waals surface area contributed by atoms with E-state index >= 15 is 0 Å². The lowest BCUT2D eigenvalue weighted by Gasteiger charge is -2.17. The minimum absolute atomic E-state index is 0.0580. The molecule has 0 aliphatic carbocycles. The van der Waals surface area contributed by atoms with Crippen LogP contribution in [0.15, 0.2) is 36.7 Å². The summed E-state index contributed by atoms with van der Waals surface area (Å²) < 4.78 is 1.80. The summed E-state index contributed by atoms with van der Waals surface area (Å²) in [4.78, 5) is 26.0. The summed E-state index contributed by atoms with van der Waals surface area (Å²) in [5.74, 6) is 0.799. The second-order valence-electron chi connectivity index (χ2n) is 6.09. The average Bonchev–Trinajstić information content (AvgIpc) is 3.12. The third-order valence-electron chi connectivity index (χ3n) is 4.18. The SMILES string of the molecule is Cn1cnnc1CCC(=O)N[C@@H]1CC(=O)N(Cc2ccccc2)C1. The van der Waals surface area contributed by atoms with Gasteiger partial charge in [0, 0.05) is 39.4 Å². The molecular formula is C17H21N5O2. The van der Waals surface area contributed by atoms with Crippen molar-refractivity contribution in [1.29, 1.82) is 0 Å². The molecule has 1 aliphatic rings. The van der Waals surface area contributed by atoms with Gasteiger partial charge in [0.05, 0.1) is 6.04 Å². The van der Waals surface area contributed by atoms with Crippen LogP contribution >= 0.6 is 0 Å². The number of carbonyl (C=O) groups is 2. The Kier molecular flexibility index (Phi) is 4.88. The molecule has 0 radical (unpaired) electrons. The second kappa shape index (κ2) is 7.25. The van der Waals surface area contributed by atoms with Crippen molar-refractivity contribution in [3.05, 3.63) is 48.0 Å². The van der Waals surface area contributed by atoms with Crippen molar-refractivity contribution in [3.8, 4) is 0 Å². The van der Waals surface area contributed by atoms with Gasteiger partial charge in [-0.15, -0.1) is 10.2 Å². The molecule has 1 atom stereocenters. The van der Waals surface area contributed by atoms with Gasteiger partial charge in [-0.3, -0.25) is 9.59 Å². The van der Waals surface area contributed by atoms with Crippen molar-refractivity contribution in [3.63, 3.8) is 0 Å². The number of benzene rings is 1. The highest BCUT2D eigenvalue weighted by molar-refractivity contribution is 5.82. The van der Waals surface area contributed by atoms with Crippen molar-refractivity contribution in [1.82, 2.24) is 25.0 Å². The maximum absolute atomic E-state index is 12.1. The average molecular weight is 327 g/mol. The van der Waals surface area contributed by atoms with Crippen LogP contribution in [0.5, 0.6) is 0 Å². The molecule has 1 aliphatic heterocycles. The third kappa shape index (κ3) is 3.98. The zero-order chi connectivity index (χ0) is 16.9. The molecule has 1 aromatic heterocycles. The molecule has 2 amide bonds. The molecule has 1 saturated heterocycles. The Labute approximate surface area is 140 Å². The van der Waals surface area contributed by atoms with Gasteiger partial charge in [0.25, 0.3) is 0 Å². The predicted molar refractivity (Wildman–Crippen MR) is 87.7 cm³/mol. The van der Waals surface area contributed by atoms with Gasteiger partial charge in [-0.1, -0.05) is 30.3 Å². The maximum Gasteiger partial charge on any atom is 0.225 e. The fraction of sp³-hybridized carbons (Fsp3) is 0.412. The van der Waals surface area contributed by atoms with Crippen molar-refractivity contribution in [2.24, 2.45) is 7.05 Å². The van der Waals surface area contributed by atoms with Gasteiger partial charge in [-0.05, 0) is 5.56 Å². The van der Waals surface area contributed by atoms with E-state index in [0.29, 0.717) is 32.4 Å². The Morgan fingerprint density at radius 1 is 1.33 bits per heavy atom. The highest BCUT2D eigenvalue weighted by atomic mass is 16.2. The van der Waals surface area contributed by atoms with E-state index < -0.39 is 0 Å². The number of nitrogens with one attached hydrogen (secondary N) is 1. The fourth-order valence-corrected chi connectivity index (χ4v) is 2.88. The lowest BCUT2D eigenvalue weighted by atomic mass is 10.2. The number of aromatic nitrogens is 3. The summed E-state index contributed by atoms with van der Waals surface area (Å²) in [6.45, 7) is 1.15. The minimum atomic E-state index is -0.117. The molecule has 3 rings (SSSR count). The molecule has 1 aromatic carbocycles. The summed E-state index contributed by atoms with van der Waals surface area (Å²) in [6.07, 6.45) is 2.86. The number of likely N-dealkylation sites (tertiary alicyclic amines) is 1. The molecule has 2 aromatic rings. The van der Waals surface area contributed by atoms with E-state index in [0.717, 1.165) is 11.4 Å². The molecule has 0 saturated carbocycles. The monoisotopic (exact) mass is 327 g/mol. The van der Waals surface area contributed by atoms with Crippen LogP contribution in [-0.2, 0) is 29.6 Å². The largest absolute Gasteiger partial charge is 0.351 e. The fourth-order valence-electron chi connectivity index (χ4n) is 2.88. The molecule has 0 unspecified atom stereocenters. The standard InChI is InChI=1S/C17H21N5O2/c1-21-12-18-20-15(21)7-8-16(23)19-14-9-17(24)22(11-14)10-13-5-3-2-4-6-13/h2-6,12,14H,7-11H2,1H3,(H,19,23)/t14-/m1/s1. The minimum Gasteiger partial charge on any atom is -0.351 e. The van der Waals surface area contributed by atoms with Crippen LogP contribution < -0.4 is 5.32 Å². The molecular weight excluding hydrogens is 306 g/mol. The van der Waals surface area contributed by atoms with E-state index in [1.165, 1.54) is 0 Å². The van der Waals surface area contributed by atoms with Gasteiger partial charge in [0.2, 0.25) is 11.8 Å². The number of hydrogen-bond acceptors (Lipinski definition) is 4. The molecule has 1 N–H and O–H groups in total. The van der Waals surface area contributed by atoms with E-state index in [2.05, 4.69) is 15.5 Å². The molecule has 0 spiro atoms. The number of amides is 2. The van der Waals surface area contributed by atoms with Gasteiger partial charge >= 0.3 is 0 Å². The molecule has 24 heavy (non-hydrogen) atoms. The second-order valence-corrected chi connectivity index (χ2v) is 6.09. The molecule has 2 heterocycles. The smallest absolute Gasteiger partial charge is 0.225 e. The van der Waals surface area contributed by atoms with Crippen LogP contribution in [0.1, 0.15) is 24.2 Å². The number of carbonyl (C=O) groups excluding carboxylic acids is 2.